The SMILES string of the molecule is CC(C)(C)OC(=O)NCC1CCCCC1Nc1cc(Br)ccc1Br. The second-order valence-corrected chi connectivity index (χ2v) is 9.07. The molecular formula is C18H26Br2N2O2. The molecule has 1 saturated carbocycles. The van der Waals surface area contributed by atoms with E-state index in [4.69, 9.17) is 4.74 Å². The highest BCUT2D eigenvalue weighted by Crippen LogP contribution is 2.31. The Labute approximate surface area is 161 Å². The van der Waals surface area contributed by atoms with Gasteiger partial charge in [0.2, 0.25) is 0 Å². The summed E-state index contributed by atoms with van der Waals surface area (Å²) in [5.41, 5.74) is 0.619. The van der Waals surface area contributed by atoms with Crippen LogP contribution >= 0.6 is 31.9 Å². The quantitative estimate of drug-likeness (QED) is 0.603. The highest BCUT2D eigenvalue weighted by molar-refractivity contribution is 9.11. The molecule has 0 radical (unpaired) electrons. The molecule has 2 rings (SSSR count). The number of halogens is 2. The fourth-order valence-electron chi connectivity index (χ4n) is 2.98. The Balaban J connectivity index is 1.95. The summed E-state index contributed by atoms with van der Waals surface area (Å²) >= 11 is 7.12. The number of benzene rings is 1. The fraction of sp³-hybridized carbons (Fsp3) is 0.611. The van der Waals surface area contributed by atoms with Crippen LogP contribution in [0.1, 0.15) is 46.5 Å². The van der Waals surface area contributed by atoms with E-state index in [1.165, 1.54) is 12.8 Å². The molecule has 24 heavy (non-hydrogen) atoms. The molecular weight excluding hydrogens is 436 g/mol. The van der Waals surface area contributed by atoms with Gasteiger partial charge in [0.25, 0.3) is 0 Å². The van der Waals surface area contributed by atoms with E-state index < -0.39 is 5.60 Å². The summed E-state index contributed by atoms with van der Waals surface area (Å²) in [5.74, 6) is 0.400. The zero-order valence-corrected chi connectivity index (χ0v) is 17.7. The molecule has 1 aliphatic carbocycles. The van der Waals surface area contributed by atoms with E-state index in [1.807, 2.05) is 32.9 Å². The van der Waals surface area contributed by atoms with Crippen molar-refractivity contribution in [2.75, 3.05) is 11.9 Å². The molecule has 1 fully saturated rings. The van der Waals surface area contributed by atoms with Crippen molar-refractivity contribution in [3.8, 4) is 0 Å². The molecule has 0 bridgehead atoms. The molecule has 1 aromatic rings. The second-order valence-electron chi connectivity index (χ2n) is 7.30. The second kappa shape index (κ2) is 8.56. The third kappa shape index (κ3) is 6.28. The number of carbonyl (C=O) groups is 1. The van der Waals surface area contributed by atoms with Crippen molar-refractivity contribution < 1.29 is 9.53 Å². The zero-order valence-electron chi connectivity index (χ0n) is 14.5. The Kier molecular flexibility index (Phi) is 6.99. The van der Waals surface area contributed by atoms with E-state index in [2.05, 4.69) is 48.6 Å². The summed E-state index contributed by atoms with van der Waals surface area (Å²) < 4.78 is 7.43. The van der Waals surface area contributed by atoms with Crippen molar-refractivity contribution in [1.82, 2.24) is 5.32 Å². The third-order valence-corrected chi connectivity index (χ3v) is 5.27. The van der Waals surface area contributed by atoms with Gasteiger partial charge >= 0.3 is 6.09 Å². The van der Waals surface area contributed by atoms with Crippen molar-refractivity contribution >= 4 is 43.6 Å². The molecule has 1 aromatic carbocycles. The molecule has 2 unspecified atom stereocenters. The highest BCUT2D eigenvalue weighted by Gasteiger charge is 2.26. The number of alkyl carbamates (subject to hydrolysis) is 1. The van der Waals surface area contributed by atoms with E-state index in [-0.39, 0.29) is 6.09 Å². The monoisotopic (exact) mass is 460 g/mol. The number of amides is 1. The smallest absolute Gasteiger partial charge is 0.407 e. The summed E-state index contributed by atoms with van der Waals surface area (Å²) in [6, 6.07) is 6.47. The Morgan fingerprint density at radius 1 is 1.25 bits per heavy atom. The molecule has 1 amide bonds. The van der Waals surface area contributed by atoms with E-state index in [9.17, 15) is 4.79 Å². The van der Waals surface area contributed by atoms with Gasteiger partial charge in [0.1, 0.15) is 5.60 Å². The van der Waals surface area contributed by atoms with Gasteiger partial charge < -0.3 is 15.4 Å². The van der Waals surface area contributed by atoms with Gasteiger partial charge in [-0.3, -0.25) is 0 Å². The van der Waals surface area contributed by atoms with Gasteiger partial charge in [-0.15, -0.1) is 0 Å². The number of ether oxygens (including phenoxy) is 1. The first-order valence-corrected chi connectivity index (χ1v) is 10.0. The number of nitrogens with one attached hydrogen (secondary N) is 2. The van der Waals surface area contributed by atoms with Gasteiger partial charge in [0, 0.05) is 27.2 Å². The molecule has 0 spiro atoms. The number of hydrogen-bond acceptors (Lipinski definition) is 3. The summed E-state index contributed by atoms with van der Waals surface area (Å²) in [7, 11) is 0. The largest absolute Gasteiger partial charge is 0.444 e. The van der Waals surface area contributed by atoms with E-state index in [1.54, 1.807) is 0 Å². The molecule has 0 heterocycles. The number of rotatable bonds is 4. The normalized spacial score (nSPS) is 21.2. The Morgan fingerprint density at radius 2 is 1.96 bits per heavy atom. The molecule has 0 aromatic heterocycles. The van der Waals surface area contributed by atoms with Crippen molar-refractivity contribution in [2.45, 2.75) is 58.1 Å². The van der Waals surface area contributed by atoms with Crippen molar-refractivity contribution in [3.63, 3.8) is 0 Å². The standard InChI is InChI=1S/C18H26Br2N2O2/c1-18(2,3)24-17(23)21-11-12-6-4-5-7-15(12)22-16-10-13(19)8-9-14(16)20/h8-10,12,15,22H,4-7,11H2,1-3H3,(H,21,23). The van der Waals surface area contributed by atoms with E-state index >= 15 is 0 Å². The fourth-order valence-corrected chi connectivity index (χ4v) is 3.70. The van der Waals surface area contributed by atoms with Crippen LogP contribution in [0, 0.1) is 5.92 Å². The molecule has 1 aliphatic rings. The predicted octanol–water partition coefficient (Wildman–Crippen LogP) is 5.71. The Bertz CT molecular complexity index is 573. The number of anilines is 1. The maximum Gasteiger partial charge on any atom is 0.407 e. The first-order chi connectivity index (χ1) is 11.2. The number of hydrogen-bond donors (Lipinski definition) is 2. The van der Waals surface area contributed by atoms with Gasteiger partial charge in [0.05, 0.1) is 0 Å². The van der Waals surface area contributed by atoms with Crippen LogP contribution in [0.2, 0.25) is 0 Å². The Morgan fingerprint density at radius 3 is 2.67 bits per heavy atom. The molecule has 2 atom stereocenters. The predicted molar refractivity (Wildman–Crippen MR) is 105 cm³/mol. The van der Waals surface area contributed by atoms with Crippen LogP contribution in [-0.4, -0.2) is 24.3 Å². The Hall–Kier alpha value is -0.750. The molecule has 2 N–H and O–H groups in total. The lowest BCUT2D eigenvalue weighted by Crippen LogP contribution is -2.42. The summed E-state index contributed by atoms with van der Waals surface area (Å²) in [6.45, 7) is 6.27. The summed E-state index contributed by atoms with van der Waals surface area (Å²) in [5, 5.41) is 6.57. The minimum atomic E-state index is -0.463. The van der Waals surface area contributed by atoms with E-state index in [0.717, 1.165) is 27.5 Å². The molecule has 0 aliphatic heterocycles. The molecule has 0 saturated heterocycles. The lowest BCUT2D eigenvalue weighted by Gasteiger charge is -2.33. The van der Waals surface area contributed by atoms with Crippen molar-refractivity contribution in [1.29, 1.82) is 0 Å². The van der Waals surface area contributed by atoms with Crippen molar-refractivity contribution in [3.05, 3.63) is 27.1 Å². The number of carbonyl (C=O) groups excluding carboxylic acids is 1. The minimum absolute atomic E-state index is 0.338. The maximum absolute atomic E-state index is 11.9. The summed E-state index contributed by atoms with van der Waals surface area (Å²) in [6.07, 6.45) is 4.30. The topological polar surface area (TPSA) is 50.4 Å². The maximum atomic E-state index is 11.9. The minimum Gasteiger partial charge on any atom is -0.444 e. The first kappa shape index (κ1) is 19.6. The van der Waals surface area contributed by atoms with Gasteiger partial charge in [0.15, 0.2) is 0 Å². The van der Waals surface area contributed by atoms with Crippen LogP contribution in [0.3, 0.4) is 0 Å². The van der Waals surface area contributed by atoms with Crippen LogP contribution in [0.25, 0.3) is 0 Å². The van der Waals surface area contributed by atoms with Crippen LogP contribution in [0.4, 0.5) is 10.5 Å². The molecule has 4 nitrogen and oxygen atoms in total. The van der Waals surface area contributed by atoms with Gasteiger partial charge in [-0.25, -0.2) is 4.79 Å². The van der Waals surface area contributed by atoms with Crippen molar-refractivity contribution in [2.24, 2.45) is 5.92 Å². The van der Waals surface area contributed by atoms with E-state index in [0.29, 0.717) is 18.5 Å². The zero-order chi connectivity index (χ0) is 17.7. The van der Waals surface area contributed by atoms with Crippen LogP contribution in [0.5, 0.6) is 0 Å². The highest BCUT2D eigenvalue weighted by atomic mass is 79.9. The lowest BCUT2D eigenvalue weighted by atomic mass is 9.84. The molecule has 134 valence electrons. The average Bonchev–Trinajstić information content (AvgIpc) is 2.48. The van der Waals surface area contributed by atoms with Crippen LogP contribution in [0.15, 0.2) is 27.1 Å². The lowest BCUT2D eigenvalue weighted by molar-refractivity contribution is 0.0514. The molecule has 6 heteroatoms. The first-order valence-electron chi connectivity index (χ1n) is 8.43. The summed E-state index contributed by atoms with van der Waals surface area (Å²) in [4.78, 5) is 11.9. The average molecular weight is 462 g/mol. The van der Waals surface area contributed by atoms with Crippen LogP contribution in [-0.2, 0) is 4.74 Å². The van der Waals surface area contributed by atoms with Gasteiger partial charge in [-0.05, 0) is 73.7 Å². The van der Waals surface area contributed by atoms with Gasteiger partial charge in [-0.2, -0.15) is 0 Å². The van der Waals surface area contributed by atoms with Gasteiger partial charge in [-0.1, -0.05) is 28.8 Å². The third-order valence-electron chi connectivity index (χ3n) is 4.09. The van der Waals surface area contributed by atoms with Crippen LogP contribution < -0.4 is 10.6 Å².